The predicted octanol–water partition coefficient (Wildman–Crippen LogP) is 3.22. The fraction of sp³-hybridized carbons (Fsp3) is 0.0625. The van der Waals surface area contributed by atoms with E-state index in [4.69, 9.17) is 0 Å². The van der Waals surface area contributed by atoms with E-state index in [1.807, 2.05) is 0 Å². The molecule has 0 spiro atoms. The van der Waals surface area contributed by atoms with Crippen molar-refractivity contribution in [2.24, 2.45) is 0 Å². The molecule has 2 aromatic rings. The molecule has 0 unspecified atom stereocenters. The molecule has 0 aliphatic carbocycles. The Kier molecular flexibility index (Phi) is 4.38. The molecule has 0 aliphatic heterocycles. The molecule has 4 heteroatoms. The van der Waals surface area contributed by atoms with Gasteiger partial charge in [0.05, 0.1) is 12.2 Å². The lowest BCUT2D eigenvalue weighted by Crippen LogP contribution is -2.02. The number of rotatable bonds is 4. The highest BCUT2D eigenvalue weighted by Gasteiger charge is 2.12. The molecule has 0 heterocycles. The van der Waals surface area contributed by atoms with Crippen LogP contribution in [0.25, 0.3) is 5.57 Å². The highest BCUT2D eigenvalue weighted by molar-refractivity contribution is 6.08. The van der Waals surface area contributed by atoms with E-state index in [0.29, 0.717) is 11.1 Å². The molecule has 0 aliphatic rings. The second-order valence-electron chi connectivity index (χ2n) is 4.18. The van der Waals surface area contributed by atoms with Crippen LogP contribution in [0.3, 0.4) is 0 Å². The summed E-state index contributed by atoms with van der Waals surface area (Å²) >= 11 is 0. The average molecular weight is 274 g/mol. The van der Waals surface area contributed by atoms with Gasteiger partial charge < -0.3 is 5.11 Å². The zero-order valence-corrected chi connectivity index (χ0v) is 10.5. The van der Waals surface area contributed by atoms with Gasteiger partial charge in [-0.3, -0.25) is 4.79 Å². The first-order valence-corrected chi connectivity index (χ1v) is 5.98. The lowest BCUT2D eigenvalue weighted by atomic mass is 10.0. The Morgan fingerprint density at radius 2 is 1.80 bits per heavy atom. The minimum absolute atomic E-state index is 0.347. The monoisotopic (exact) mass is 274 g/mol. The van der Waals surface area contributed by atoms with E-state index in [0.717, 1.165) is 24.3 Å². The first-order valence-electron chi connectivity index (χ1n) is 5.98. The van der Waals surface area contributed by atoms with Crippen LogP contribution in [-0.4, -0.2) is 17.5 Å². The number of carbonyl (C=O) groups is 1. The Morgan fingerprint density at radius 1 is 1.10 bits per heavy atom. The summed E-state index contributed by atoms with van der Waals surface area (Å²) in [5, 5.41) is 9.31. The number of aliphatic hydroxyl groups is 1. The number of allylic oxidation sites excluding steroid dienone is 1. The summed E-state index contributed by atoms with van der Waals surface area (Å²) in [5.74, 6) is -2.17. The normalized spacial score (nSPS) is 11.4. The second-order valence-corrected chi connectivity index (χ2v) is 4.18. The van der Waals surface area contributed by atoms with Crippen LogP contribution in [0.5, 0.6) is 0 Å². The smallest absolute Gasteiger partial charge is 0.189 e. The van der Waals surface area contributed by atoms with Crippen molar-refractivity contribution in [2.75, 3.05) is 6.61 Å². The van der Waals surface area contributed by atoms with Gasteiger partial charge in [0.15, 0.2) is 5.78 Å². The minimum atomic E-state index is -0.794. The molecule has 0 radical (unpaired) electrons. The Bertz CT molecular complexity index is 649. The third-order valence-corrected chi connectivity index (χ3v) is 2.81. The van der Waals surface area contributed by atoms with Gasteiger partial charge in [0.1, 0.15) is 11.6 Å². The van der Waals surface area contributed by atoms with Crippen LogP contribution in [0, 0.1) is 11.6 Å². The standard InChI is InChI=1S/C16H12F2O2/c17-13-6-7-15(18)14(9-13)16(20)8-12(10-19)11-4-2-1-3-5-11/h1-9,19H,10H2/b12-8+. The van der Waals surface area contributed by atoms with E-state index in [1.165, 1.54) is 0 Å². The summed E-state index contributed by atoms with van der Waals surface area (Å²) in [6.07, 6.45) is 1.12. The van der Waals surface area contributed by atoms with Crippen molar-refractivity contribution in [3.8, 4) is 0 Å². The summed E-state index contributed by atoms with van der Waals surface area (Å²) in [7, 11) is 0. The molecular formula is C16H12F2O2. The van der Waals surface area contributed by atoms with Crippen LogP contribution in [0.2, 0.25) is 0 Å². The quantitative estimate of drug-likeness (QED) is 0.686. The zero-order valence-electron chi connectivity index (χ0n) is 10.5. The molecule has 0 bridgehead atoms. The molecule has 2 rings (SSSR count). The number of carbonyl (C=O) groups excluding carboxylic acids is 1. The zero-order chi connectivity index (χ0) is 14.5. The SMILES string of the molecule is O=C(/C=C(\CO)c1ccccc1)c1cc(F)ccc1F. The number of aliphatic hydroxyl groups excluding tert-OH is 1. The molecule has 0 atom stereocenters. The Labute approximate surface area is 115 Å². The molecule has 0 amide bonds. The molecule has 2 nitrogen and oxygen atoms in total. The average Bonchev–Trinajstić information content (AvgIpc) is 2.48. The number of ketones is 1. The van der Waals surface area contributed by atoms with E-state index in [1.54, 1.807) is 30.3 Å². The van der Waals surface area contributed by atoms with Gasteiger partial charge in [0.2, 0.25) is 0 Å². The molecule has 2 aromatic carbocycles. The van der Waals surface area contributed by atoms with Crippen LogP contribution in [0.4, 0.5) is 8.78 Å². The maximum Gasteiger partial charge on any atom is 0.189 e. The molecule has 0 saturated carbocycles. The van der Waals surface area contributed by atoms with Crippen LogP contribution in [-0.2, 0) is 0 Å². The topological polar surface area (TPSA) is 37.3 Å². The van der Waals surface area contributed by atoms with E-state index in [-0.39, 0.29) is 12.2 Å². The van der Waals surface area contributed by atoms with Gasteiger partial charge in [-0.25, -0.2) is 8.78 Å². The van der Waals surface area contributed by atoms with Gasteiger partial charge in [-0.05, 0) is 35.4 Å². The fourth-order valence-corrected chi connectivity index (χ4v) is 1.79. The number of hydrogen-bond donors (Lipinski definition) is 1. The Balaban J connectivity index is 2.37. The van der Waals surface area contributed by atoms with Crippen molar-refractivity contribution in [3.05, 3.63) is 77.4 Å². The van der Waals surface area contributed by atoms with Crippen molar-refractivity contribution in [1.82, 2.24) is 0 Å². The predicted molar refractivity (Wildman–Crippen MR) is 72.2 cm³/mol. The summed E-state index contributed by atoms with van der Waals surface area (Å²) in [4.78, 5) is 12.0. The van der Waals surface area contributed by atoms with Crippen LogP contribution in [0.15, 0.2) is 54.6 Å². The van der Waals surface area contributed by atoms with Crippen molar-refractivity contribution >= 4 is 11.4 Å². The molecule has 0 saturated heterocycles. The number of benzene rings is 2. The van der Waals surface area contributed by atoms with E-state index in [2.05, 4.69) is 0 Å². The molecule has 102 valence electrons. The molecule has 0 fully saturated rings. The van der Waals surface area contributed by atoms with Crippen LogP contribution < -0.4 is 0 Å². The largest absolute Gasteiger partial charge is 0.392 e. The summed E-state index contributed by atoms with van der Waals surface area (Å²) in [5.41, 5.74) is 0.645. The molecule has 20 heavy (non-hydrogen) atoms. The molecule has 0 aromatic heterocycles. The van der Waals surface area contributed by atoms with Gasteiger partial charge in [-0.2, -0.15) is 0 Å². The summed E-state index contributed by atoms with van der Waals surface area (Å²) in [6, 6.07) is 11.4. The lowest BCUT2D eigenvalue weighted by molar-refractivity contribution is 0.104. The Morgan fingerprint density at radius 3 is 2.45 bits per heavy atom. The maximum atomic E-state index is 13.5. The van der Waals surface area contributed by atoms with Crippen molar-refractivity contribution in [1.29, 1.82) is 0 Å². The third-order valence-electron chi connectivity index (χ3n) is 2.81. The van der Waals surface area contributed by atoms with E-state index in [9.17, 15) is 18.7 Å². The first-order chi connectivity index (χ1) is 9.61. The number of halogens is 2. The van der Waals surface area contributed by atoms with E-state index >= 15 is 0 Å². The van der Waals surface area contributed by atoms with Crippen LogP contribution >= 0.6 is 0 Å². The van der Waals surface area contributed by atoms with Gasteiger partial charge >= 0.3 is 0 Å². The van der Waals surface area contributed by atoms with Gasteiger partial charge in [-0.1, -0.05) is 30.3 Å². The maximum absolute atomic E-state index is 13.5. The summed E-state index contributed by atoms with van der Waals surface area (Å²) < 4.78 is 26.6. The van der Waals surface area contributed by atoms with Crippen LogP contribution in [0.1, 0.15) is 15.9 Å². The highest BCUT2D eigenvalue weighted by atomic mass is 19.1. The lowest BCUT2D eigenvalue weighted by Gasteiger charge is -2.05. The highest BCUT2D eigenvalue weighted by Crippen LogP contribution is 2.17. The van der Waals surface area contributed by atoms with Crippen molar-refractivity contribution < 1.29 is 18.7 Å². The first kappa shape index (κ1) is 14.1. The van der Waals surface area contributed by atoms with Crippen molar-refractivity contribution in [3.63, 3.8) is 0 Å². The molecule has 1 N–H and O–H groups in total. The van der Waals surface area contributed by atoms with Gasteiger partial charge in [0.25, 0.3) is 0 Å². The minimum Gasteiger partial charge on any atom is -0.392 e. The second kappa shape index (κ2) is 6.21. The number of hydrogen-bond acceptors (Lipinski definition) is 2. The van der Waals surface area contributed by atoms with Gasteiger partial charge in [-0.15, -0.1) is 0 Å². The Hall–Kier alpha value is -2.33. The fourth-order valence-electron chi connectivity index (χ4n) is 1.79. The van der Waals surface area contributed by atoms with E-state index < -0.39 is 17.4 Å². The van der Waals surface area contributed by atoms with Gasteiger partial charge in [0, 0.05) is 0 Å². The summed E-state index contributed by atoms with van der Waals surface area (Å²) in [6.45, 7) is -0.368. The van der Waals surface area contributed by atoms with Crippen molar-refractivity contribution in [2.45, 2.75) is 0 Å². The molecular weight excluding hydrogens is 262 g/mol. The third kappa shape index (κ3) is 3.16.